The summed E-state index contributed by atoms with van der Waals surface area (Å²) in [5.74, 6) is 0.144. The molecule has 1 heterocycles. The second-order valence-corrected chi connectivity index (χ2v) is 4.34. The summed E-state index contributed by atoms with van der Waals surface area (Å²) in [6, 6.07) is 12.6. The molecule has 0 fully saturated rings. The number of ether oxygens (including phenoxy) is 1. The number of rotatable bonds is 2. The van der Waals surface area contributed by atoms with E-state index in [4.69, 9.17) is 4.74 Å². The van der Waals surface area contributed by atoms with Crippen molar-refractivity contribution in [2.75, 3.05) is 0 Å². The van der Waals surface area contributed by atoms with Gasteiger partial charge in [0.25, 0.3) is 0 Å². The maximum atomic E-state index is 12.0. The van der Waals surface area contributed by atoms with Gasteiger partial charge in [0.15, 0.2) is 0 Å². The molecule has 0 aliphatic carbocycles. The Kier molecular flexibility index (Phi) is 2.76. The first kappa shape index (κ1) is 11.5. The Balaban J connectivity index is 1.86. The Labute approximate surface area is 110 Å². The third-order valence-electron chi connectivity index (χ3n) is 2.86. The number of esters is 1. The molecule has 4 nitrogen and oxygen atoms in total. The van der Waals surface area contributed by atoms with E-state index >= 15 is 0 Å². The lowest BCUT2D eigenvalue weighted by Gasteiger charge is -2.04. The lowest BCUT2D eigenvalue weighted by molar-refractivity contribution is 0.0735. The predicted molar refractivity (Wildman–Crippen MR) is 72.2 cm³/mol. The average Bonchev–Trinajstić information content (AvgIpc) is 2.86. The minimum absolute atomic E-state index is 0.359. The number of aromatic nitrogens is 2. The Morgan fingerprint density at radius 2 is 2.11 bits per heavy atom. The number of nitrogens with zero attached hydrogens (tertiary/aromatic N) is 1. The van der Waals surface area contributed by atoms with E-state index in [2.05, 4.69) is 9.97 Å². The molecule has 0 bridgehead atoms. The van der Waals surface area contributed by atoms with Gasteiger partial charge in [0.05, 0.1) is 22.9 Å². The van der Waals surface area contributed by atoms with E-state index in [-0.39, 0.29) is 5.97 Å². The summed E-state index contributed by atoms with van der Waals surface area (Å²) in [7, 11) is 0. The van der Waals surface area contributed by atoms with Crippen molar-refractivity contribution >= 4 is 17.0 Å². The van der Waals surface area contributed by atoms with Gasteiger partial charge in [-0.05, 0) is 31.2 Å². The molecule has 3 rings (SSSR count). The van der Waals surface area contributed by atoms with E-state index in [9.17, 15) is 4.79 Å². The van der Waals surface area contributed by atoms with Crippen molar-refractivity contribution in [3.8, 4) is 5.75 Å². The summed E-state index contributed by atoms with van der Waals surface area (Å²) in [4.78, 5) is 19.1. The molecule has 0 spiro atoms. The number of imidazole rings is 1. The third-order valence-corrected chi connectivity index (χ3v) is 2.86. The van der Waals surface area contributed by atoms with Crippen molar-refractivity contribution in [2.24, 2.45) is 0 Å². The van der Waals surface area contributed by atoms with Crippen LogP contribution < -0.4 is 4.74 Å². The fourth-order valence-corrected chi connectivity index (χ4v) is 1.92. The fraction of sp³-hybridized carbons (Fsp3) is 0.0667. The molecule has 0 saturated heterocycles. The smallest absolute Gasteiger partial charge is 0.343 e. The first-order valence-corrected chi connectivity index (χ1v) is 5.94. The van der Waals surface area contributed by atoms with Crippen LogP contribution in [-0.4, -0.2) is 15.9 Å². The van der Waals surface area contributed by atoms with Gasteiger partial charge < -0.3 is 9.72 Å². The normalized spacial score (nSPS) is 10.6. The second kappa shape index (κ2) is 4.57. The van der Waals surface area contributed by atoms with E-state index in [1.54, 1.807) is 30.6 Å². The van der Waals surface area contributed by atoms with Gasteiger partial charge in [-0.2, -0.15) is 0 Å². The van der Waals surface area contributed by atoms with Crippen molar-refractivity contribution in [3.05, 3.63) is 59.9 Å². The molecule has 0 saturated carbocycles. The van der Waals surface area contributed by atoms with Crippen molar-refractivity contribution in [3.63, 3.8) is 0 Å². The van der Waals surface area contributed by atoms with E-state index in [0.29, 0.717) is 11.3 Å². The van der Waals surface area contributed by atoms with Gasteiger partial charge in [0.1, 0.15) is 5.75 Å². The first-order chi connectivity index (χ1) is 9.22. The summed E-state index contributed by atoms with van der Waals surface area (Å²) in [5.41, 5.74) is 3.26. The number of fused-ring (bicyclic) bond motifs is 1. The fourth-order valence-electron chi connectivity index (χ4n) is 1.92. The van der Waals surface area contributed by atoms with Gasteiger partial charge >= 0.3 is 5.97 Å². The van der Waals surface area contributed by atoms with E-state index in [0.717, 1.165) is 16.6 Å². The van der Waals surface area contributed by atoms with E-state index < -0.39 is 0 Å². The molecule has 4 heteroatoms. The van der Waals surface area contributed by atoms with Crippen LogP contribution in [0.2, 0.25) is 0 Å². The molecule has 3 aromatic rings. The Morgan fingerprint density at radius 3 is 2.95 bits per heavy atom. The number of benzene rings is 2. The zero-order chi connectivity index (χ0) is 13.2. The standard InChI is InChI=1S/C15H12N2O2/c1-10-3-2-4-11(7-10)15(18)19-12-5-6-13-14(8-12)17-9-16-13/h2-9H,1H3,(H,16,17). The second-order valence-electron chi connectivity index (χ2n) is 4.34. The predicted octanol–water partition coefficient (Wildman–Crippen LogP) is 3.09. The Bertz CT molecular complexity index is 746. The highest BCUT2D eigenvalue weighted by atomic mass is 16.5. The molecule has 19 heavy (non-hydrogen) atoms. The number of nitrogens with one attached hydrogen (secondary N) is 1. The molecular formula is C15H12N2O2. The average molecular weight is 252 g/mol. The van der Waals surface area contributed by atoms with Crippen LogP contribution in [0, 0.1) is 6.92 Å². The lowest BCUT2D eigenvalue weighted by atomic mass is 10.1. The summed E-state index contributed by atoms with van der Waals surface area (Å²) in [6.07, 6.45) is 1.61. The monoisotopic (exact) mass is 252 g/mol. The van der Waals surface area contributed by atoms with Crippen LogP contribution in [0.5, 0.6) is 5.75 Å². The van der Waals surface area contributed by atoms with Gasteiger partial charge in [-0.15, -0.1) is 0 Å². The van der Waals surface area contributed by atoms with Crippen LogP contribution in [0.3, 0.4) is 0 Å². The largest absolute Gasteiger partial charge is 0.423 e. The molecular weight excluding hydrogens is 240 g/mol. The van der Waals surface area contributed by atoms with Crippen LogP contribution in [0.4, 0.5) is 0 Å². The maximum absolute atomic E-state index is 12.0. The molecule has 0 aliphatic rings. The Hall–Kier alpha value is -2.62. The van der Waals surface area contributed by atoms with Crippen LogP contribution in [0.25, 0.3) is 11.0 Å². The highest BCUT2D eigenvalue weighted by molar-refractivity contribution is 5.91. The van der Waals surface area contributed by atoms with Crippen LogP contribution in [0.1, 0.15) is 15.9 Å². The summed E-state index contributed by atoms with van der Waals surface area (Å²) in [5, 5.41) is 0. The van der Waals surface area contributed by atoms with Gasteiger partial charge in [0.2, 0.25) is 0 Å². The molecule has 1 N–H and O–H groups in total. The summed E-state index contributed by atoms with van der Waals surface area (Å²) < 4.78 is 5.35. The highest BCUT2D eigenvalue weighted by Crippen LogP contribution is 2.19. The summed E-state index contributed by atoms with van der Waals surface area (Å²) in [6.45, 7) is 1.94. The van der Waals surface area contributed by atoms with E-state index in [1.807, 2.05) is 25.1 Å². The maximum Gasteiger partial charge on any atom is 0.343 e. The van der Waals surface area contributed by atoms with Crippen molar-refractivity contribution in [1.29, 1.82) is 0 Å². The van der Waals surface area contributed by atoms with E-state index in [1.165, 1.54) is 0 Å². The van der Waals surface area contributed by atoms with Crippen molar-refractivity contribution in [1.82, 2.24) is 9.97 Å². The molecule has 0 atom stereocenters. The zero-order valence-electron chi connectivity index (χ0n) is 10.4. The van der Waals surface area contributed by atoms with Gasteiger partial charge in [-0.3, -0.25) is 0 Å². The lowest BCUT2D eigenvalue weighted by Crippen LogP contribution is -2.08. The number of aryl methyl sites for hydroxylation is 1. The van der Waals surface area contributed by atoms with Crippen LogP contribution in [0.15, 0.2) is 48.8 Å². The number of hydrogen-bond donors (Lipinski definition) is 1. The number of H-pyrrole nitrogens is 1. The van der Waals surface area contributed by atoms with Gasteiger partial charge in [-0.1, -0.05) is 17.7 Å². The third kappa shape index (κ3) is 2.33. The molecule has 2 aromatic carbocycles. The molecule has 0 unspecified atom stereocenters. The highest BCUT2D eigenvalue weighted by Gasteiger charge is 2.09. The number of carbonyl (C=O) groups is 1. The molecule has 94 valence electrons. The van der Waals surface area contributed by atoms with Crippen LogP contribution >= 0.6 is 0 Å². The quantitative estimate of drug-likeness (QED) is 0.563. The number of aromatic amines is 1. The topological polar surface area (TPSA) is 55.0 Å². The van der Waals surface area contributed by atoms with Gasteiger partial charge in [0, 0.05) is 6.07 Å². The minimum Gasteiger partial charge on any atom is -0.423 e. The SMILES string of the molecule is Cc1cccc(C(=O)Oc2ccc3nc[nH]c3c2)c1. The summed E-state index contributed by atoms with van der Waals surface area (Å²) >= 11 is 0. The van der Waals surface area contributed by atoms with Crippen molar-refractivity contribution < 1.29 is 9.53 Å². The van der Waals surface area contributed by atoms with Gasteiger partial charge in [-0.25, -0.2) is 9.78 Å². The molecule has 0 amide bonds. The van der Waals surface area contributed by atoms with Crippen molar-refractivity contribution in [2.45, 2.75) is 6.92 Å². The molecule has 0 aliphatic heterocycles. The number of carbonyl (C=O) groups excluding carboxylic acids is 1. The zero-order valence-corrected chi connectivity index (χ0v) is 10.4. The minimum atomic E-state index is -0.359. The number of hydrogen-bond acceptors (Lipinski definition) is 3. The molecule has 1 aromatic heterocycles. The first-order valence-electron chi connectivity index (χ1n) is 5.94. The molecule has 0 radical (unpaired) electrons. The van der Waals surface area contributed by atoms with Crippen LogP contribution in [-0.2, 0) is 0 Å². The Morgan fingerprint density at radius 1 is 1.21 bits per heavy atom.